The molecule has 0 radical (unpaired) electrons. The molecule has 0 aliphatic carbocycles. The molecule has 2 rings (SSSR count). The third-order valence-corrected chi connectivity index (χ3v) is 4.10. The minimum Gasteiger partial charge on any atom is -0.492 e. The van der Waals surface area contributed by atoms with Crippen LogP contribution in [0.2, 0.25) is 0 Å². The Hall–Kier alpha value is -2.08. The maximum absolute atomic E-state index is 12.2. The Labute approximate surface area is 136 Å². The van der Waals surface area contributed by atoms with Crippen LogP contribution in [-0.4, -0.2) is 45.2 Å². The van der Waals surface area contributed by atoms with E-state index in [-0.39, 0.29) is 17.8 Å². The first-order valence-electron chi connectivity index (χ1n) is 8.07. The van der Waals surface area contributed by atoms with Crippen LogP contribution in [0.1, 0.15) is 19.8 Å². The molecule has 0 unspecified atom stereocenters. The topological polar surface area (TPSA) is 69.1 Å². The fourth-order valence-electron chi connectivity index (χ4n) is 2.88. The molecule has 1 fully saturated rings. The van der Waals surface area contributed by atoms with Crippen LogP contribution in [0.3, 0.4) is 0 Å². The largest absolute Gasteiger partial charge is 0.492 e. The predicted octanol–water partition coefficient (Wildman–Crippen LogP) is 0.492. The molecule has 1 aromatic carbocycles. The van der Waals surface area contributed by atoms with Gasteiger partial charge in [-0.05, 0) is 19.1 Å². The minimum absolute atomic E-state index is 0.0227. The summed E-state index contributed by atoms with van der Waals surface area (Å²) in [5.41, 5.74) is 0.697. The van der Waals surface area contributed by atoms with Crippen molar-refractivity contribution in [1.29, 1.82) is 0 Å². The van der Waals surface area contributed by atoms with Crippen molar-refractivity contribution in [2.75, 3.05) is 38.7 Å². The van der Waals surface area contributed by atoms with E-state index in [0.29, 0.717) is 24.6 Å². The molecule has 2 N–H and O–H groups in total. The molecular weight excluding hydrogens is 296 g/mol. The first kappa shape index (κ1) is 17.3. The van der Waals surface area contributed by atoms with Crippen LogP contribution in [-0.2, 0) is 14.3 Å². The lowest BCUT2D eigenvalue weighted by Crippen LogP contribution is -3.14. The number of esters is 1. The number of hydrogen-bond donors (Lipinski definition) is 2. The molecule has 0 bridgehead atoms. The molecule has 1 saturated heterocycles. The van der Waals surface area contributed by atoms with Gasteiger partial charge in [-0.3, -0.25) is 9.59 Å². The quantitative estimate of drug-likeness (QED) is 0.748. The Morgan fingerprint density at radius 3 is 2.61 bits per heavy atom. The van der Waals surface area contributed by atoms with Gasteiger partial charge in [-0.1, -0.05) is 12.1 Å². The standard InChI is InChI=1S/C17H24N2O4/c1-3-23-15-7-5-4-6-14(15)18-16(20)12-19-10-8-13(9-11-19)17(21)22-2/h4-7,13H,3,8-12H2,1-2H3,(H,18,20)/p+1. The van der Waals surface area contributed by atoms with Crippen LogP contribution >= 0.6 is 0 Å². The molecule has 1 aliphatic rings. The number of ether oxygens (including phenoxy) is 2. The lowest BCUT2D eigenvalue weighted by molar-refractivity contribution is -0.897. The number of piperidine rings is 1. The molecule has 1 heterocycles. The number of benzene rings is 1. The average Bonchev–Trinajstić information content (AvgIpc) is 2.57. The zero-order chi connectivity index (χ0) is 16.7. The monoisotopic (exact) mass is 321 g/mol. The van der Waals surface area contributed by atoms with Crippen molar-refractivity contribution in [3.05, 3.63) is 24.3 Å². The maximum Gasteiger partial charge on any atom is 0.309 e. The highest BCUT2D eigenvalue weighted by molar-refractivity contribution is 5.92. The van der Waals surface area contributed by atoms with E-state index < -0.39 is 0 Å². The first-order valence-corrected chi connectivity index (χ1v) is 8.07. The highest BCUT2D eigenvalue weighted by atomic mass is 16.5. The number of anilines is 1. The van der Waals surface area contributed by atoms with Gasteiger partial charge in [-0.25, -0.2) is 0 Å². The van der Waals surface area contributed by atoms with E-state index in [1.54, 1.807) is 0 Å². The van der Waals surface area contributed by atoms with Crippen LogP contribution in [0, 0.1) is 5.92 Å². The van der Waals surface area contributed by atoms with Gasteiger partial charge < -0.3 is 19.7 Å². The number of nitrogens with one attached hydrogen (secondary N) is 2. The summed E-state index contributed by atoms with van der Waals surface area (Å²) in [5, 5.41) is 2.91. The van der Waals surface area contributed by atoms with E-state index in [4.69, 9.17) is 9.47 Å². The third kappa shape index (κ3) is 4.96. The van der Waals surface area contributed by atoms with Gasteiger partial charge >= 0.3 is 5.97 Å². The number of rotatable bonds is 6. The van der Waals surface area contributed by atoms with Crippen molar-refractivity contribution in [2.45, 2.75) is 19.8 Å². The second-order valence-corrected chi connectivity index (χ2v) is 5.70. The molecular formula is C17H25N2O4+. The molecule has 0 atom stereocenters. The number of carbonyl (C=O) groups excluding carboxylic acids is 2. The van der Waals surface area contributed by atoms with Crippen LogP contribution in [0.25, 0.3) is 0 Å². The lowest BCUT2D eigenvalue weighted by atomic mass is 9.97. The fraction of sp³-hybridized carbons (Fsp3) is 0.529. The van der Waals surface area contributed by atoms with Crippen LogP contribution in [0.15, 0.2) is 24.3 Å². The Kier molecular flexibility index (Phi) is 6.40. The number of carbonyl (C=O) groups is 2. The van der Waals surface area contributed by atoms with Crippen LogP contribution in [0.5, 0.6) is 5.75 Å². The van der Waals surface area contributed by atoms with Gasteiger partial charge in [-0.2, -0.15) is 0 Å². The van der Waals surface area contributed by atoms with Gasteiger partial charge in [0, 0.05) is 12.8 Å². The number of amides is 1. The van der Waals surface area contributed by atoms with Gasteiger partial charge in [0.05, 0.1) is 38.4 Å². The van der Waals surface area contributed by atoms with E-state index in [9.17, 15) is 9.59 Å². The van der Waals surface area contributed by atoms with Gasteiger partial charge in [0.25, 0.3) is 5.91 Å². The third-order valence-electron chi connectivity index (χ3n) is 4.10. The summed E-state index contributed by atoms with van der Waals surface area (Å²) in [6.07, 6.45) is 1.54. The Morgan fingerprint density at radius 2 is 1.96 bits per heavy atom. The summed E-state index contributed by atoms with van der Waals surface area (Å²) in [4.78, 5) is 24.9. The maximum atomic E-state index is 12.2. The minimum atomic E-state index is -0.140. The molecule has 0 spiro atoms. The Balaban J connectivity index is 1.83. The van der Waals surface area contributed by atoms with Crippen molar-refractivity contribution < 1.29 is 24.0 Å². The van der Waals surface area contributed by atoms with Gasteiger partial charge in [-0.15, -0.1) is 0 Å². The van der Waals surface area contributed by atoms with E-state index in [0.717, 1.165) is 25.9 Å². The number of para-hydroxylation sites is 2. The normalized spacial score (nSPS) is 20.6. The predicted molar refractivity (Wildman–Crippen MR) is 86.5 cm³/mol. The van der Waals surface area contributed by atoms with Gasteiger partial charge in [0.15, 0.2) is 6.54 Å². The summed E-state index contributed by atoms with van der Waals surface area (Å²) >= 11 is 0. The summed E-state index contributed by atoms with van der Waals surface area (Å²) in [5.74, 6) is 0.482. The molecule has 0 saturated carbocycles. The van der Waals surface area contributed by atoms with Crippen molar-refractivity contribution in [3.8, 4) is 5.75 Å². The lowest BCUT2D eigenvalue weighted by Gasteiger charge is -2.27. The molecule has 1 amide bonds. The van der Waals surface area contributed by atoms with Crippen molar-refractivity contribution in [1.82, 2.24) is 0 Å². The molecule has 1 aromatic rings. The second-order valence-electron chi connectivity index (χ2n) is 5.70. The Bertz CT molecular complexity index is 539. The Morgan fingerprint density at radius 1 is 1.26 bits per heavy atom. The smallest absolute Gasteiger partial charge is 0.309 e. The van der Waals surface area contributed by atoms with E-state index in [1.807, 2.05) is 31.2 Å². The zero-order valence-corrected chi connectivity index (χ0v) is 13.8. The fourth-order valence-corrected chi connectivity index (χ4v) is 2.88. The van der Waals surface area contributed by atoms with Crippen molar-refractivity contribution >= 4 is 17.6 Å². The van der Waals surface area contributed by atoms with Crippen molar-refractivity contribution in [2.24, 2.45) is 5.92 Å². The van der Waals surface area contributed by atoms with E-state index in [2.05, 4.69) is 5.32 Å². The molecule has 1 aliphatic heterocycles. The summed E-state index contributed by atoms with van der Waals surface area (Å²) < 4.78 is 10.3. The van der Waals surface area contributed by atoms with E-state index >= 15 is 0 Å². The highest BCUT2D eigenvalue weighted by Crippen LogP contribution is 2.23. The van der Waals surface area contributed by atoms with E-state index in [1.165, 1.54) is 12.0 Å². The summed E-state index contributed by atoms with van der Waals surface area (Å²) in [6.45, 7) is 4.47. The summed E-state index contributed by atoms with van der Waals surface area (Å²) in [6, 6.07) is 7.42. The zero-order valence-electron chi connectivity index (χ0n) is 13.8. The highest BCUT2D eigenvalue weighted by Gasteiger charge is 2.29. The molecule has 6 heteroatoms. The number of likely N-dealkylation sites (tertiary alicyclic amines) is 1. The number of hydrogen-bond acceptors (Lipinski definition) is 4. The number of methoxy groups -OCH3 is 1. The molecule has 0 aromatic heterocycles. The first-order chi connectivity index (χ1) is 11.1. The van der Waals surface area contributed by atoms with Gasteiger partial charge in [0.2, 0.25) is 0 Å². The summed E-state index contributed by atoms with van der Waals surface area (Å²) in [7, 11) is 1.42. The SMILES string of the molecule is CCOc1ccccc1NC(=O)C[NH+]1CCC(C(=O)OC)CC1. The molecule has 126 valence electrons. The average molecular weight is 321 g/mol. The van der Waals surface area contributed by atoms with Crippen LogP contribution < -0.4 is 15.0 Å². The van der Waals surface area contributed by atoms with Crippen molar-refractivity contribution in [3.63, 3.8) is 0 Å². The molecule has 23 heavy (non-hydrogen) atoms. The second kappa shape index (κ2) is 8.53. The number of quaternary nitrogens is 1. The van der Waals surface area contributed by atoms with Crippen LogP contribution in [0.4, 0.5) is 5.69 Å². The molecule has 6 nitrogen and oxygen atoms in total. The van der Waals surface area contributed by atoms with Gasteiger partial charge in [0.1, 0.15) is 5.75 Å².